The quantitative estimate of drug-likeness (QED) is 0.205. The van der Waals surface area contributed by atoms with Crippen LogP contribution in [-0.4, -0.2) is 34.8 Å². The van der Waals surface area contributed by atoms with Gasteiger partial charge in [0.15, 0.2) is 11.7 Å². The van der Waals surface area contributed by atoms with Gasteiger partial charge in [-0.1, -0.05) is 24.3 Å². The molecule has 0 unspecified atom stereocenters. The van der Waals surface area contributed by atoms with Crippen LogP contribution in [0.5, 0.6) is 5.75 Å². The van der Waals surface area contributed by atoms with Gasteiger partial charge < -0.3 is 15.4 Å². The minimum Gasteiger partial charge on any atom is -0.481 e. The van der Waals surface area contributed by atoms with E-state index in [0.717, 1.165) is 11.3 Å². The number of hydrogen-bond donors (Lipinski definition) is 3. The van der Waals surface area contributed by atoms with Gasteiger partial charge in [-0.05, 0) is 49.0 Å². The summed E-state index contributed by atoms with van der Waals surface area (Å²) in [6.45, 7) is 1.74. The maximum atomic E-state index is 12.6. The van der Waals surface area contributed by atoms with Crippen LogP contribution in [0.3, 0.4) is 0 Å². The van der Waals surface area contributed by atoms with Gasteiger partial charge in [0.25, 0.3) is 11.6 Å². The highest BCUT2D eigenvalue weighted by molar-refractivity contribution is 7.80. The Kier molecular flexibility index (Phi) is 7.16. The molecular weight excluding hydrogens is 484 g/mol. The lowest BCUT2D eigenvalue weighted by molar-refractivity contribution is -0.384. The van der Waals surface area contributed by atoms with Gasteiger partial charge >= 0.3 is 6.03 Å². The normalized spacial score (nSPS) is 12.5. The molecule has 3 amide bonds. The molecule has 0 aromatic heterocycles. The van der Waals surface area contributed by atoms with E-state index in [1.54, 1.807) is 24.3 Å². The molecule has 0 saturated carbocycles. The van der Waals surface area contributed by atoms with Crippen molar-refractivity contribution < 1.29 is 19.2 Å². The number of aryl methyl sites for hydroxylation is 1. The first kappa shape index (κ1) is 24.3. The first-order valence-electron chi connectivity index (χ1n) is 10.6. The number of ether oxygens (including phenoxy) is 1. The van der Waals surface area contributed by atoms with Gasteiger partial charge in [-0.15, -0.1) is 0 Å². The van der Waals surface area contributed by atoms with Gasteiger partial charge in [-0.25, -0.2) is 10.2 Å². The predicted molar refractivity (Wildman–Crippen MR) is 140 cm³/mol. The number of nitro benzene ring substituents is 1. The minimum atomic E-state index is -0.642. The van der Waals surface area contributed by atoms with Gasteiger partial charge in [-0.3, -0.25) is 19.8 Å². The third kappa shape index (κ3) is 5.80. The molecule has 12 heteroatoms. The molecule has 1 heterocycles. The van der Waals surface area contributed by atoms with Crippen molar-refractivity contribution in [3.05, 3.63) is 88.0 Å². The van der Waals surface area contributed by atoms with Crippen LogP contribution < -0.4 is 25.7 Å². The number of anilines is 3. The maximum Gasteiger partial charge on any atom is 0.339 e. The molecular formula is C24H20N6O5S. The summed E-state index contributed by atoms with van der Waals surface area (Å²) >= 11 is 5.47. The number of urea groups is 1. The van der Waals surface area contributed by atoms with Crippen LogP contribution in [0, 0.1) is 17.0 Å². The molecule has 4 rings (SSSR count). The fourth-order valence-electron chi connectivity index (χ4n) is 3.40. The molecule has 3 aromatic rings. The van der Waals surface area contributed by atoms with Crippen LogP contribution in [0.1, 0.15) is 11.1 Å². The van der Waals surface area contributed by atoms with E-state index in [9.17, 15) is 19.7 Å². The molecule has 0 spiro atoms. The van der Waals surface area contributed by atoms with Crippen LogP contribution in [0.25, 0.3) is 0 Å². The maximum absolute atomic E-state index is 12.6. The Bertz CT molecular complexity index is 1390. The summed E-state index contributed by atoms with van der Waals surface area (Å²) in [6, 6.07) is 17.5. The van der Waals surface area contributed by atoms with Gasteiger partial charge in [0.2, 0.25) is 0 Å². The molecule has 11 nitrogen and oxygen atoms in total. The number of hydrazone groups is 1. The molecule has 1 aliphatic rings. The van der Waals surface area contributed by atoms with E-state index in [1.165, 1.54) is 29.3 Å². The van der Waals surface area contributed by atoms with E-state index >= 15 is 0 Å². The molecule has 0 atom stereocenters. The summed E-state index contributed by atoms with van der Waals surface area (Å²) < 4.78 is 5.54. The number of thiocarbonyl (C=S) groups is 1. The zero-order valence-electron chi connectivity index (χ0n) is 18.9. The van der Waals surface area contributed by atoms with E-state index in [0.29, 0.717) is 22.7 Å². The van der Waals surface area contributed by atoms with E-state index < -0.39 is 11.0 Å². The van der Waals surface area contributed by atoms with Gasteiger partial charge in [0.1, 0.15) is 5.75 Å². The largest absolute Gasteiger partial charge is 0.481 e. The average molecular weight is 505 g/mol. The molecule has 36 heavy (non-hydrogen) atoms. The van der Waals surface area contributed by atoms with Crippen molar-refractivity contribution >= 4 is 58.2 Å². The van der Waals surface area contributed by atoms with E-state index in [2.05, 4.69) is 21.2 Å². The molecule has 3 aromatic carbocycles. The zero-order valence-corrected chi connectivity index (χ0v) is 19.7. The number of carbonyl (C=O) groups is 2. The predicted octanol–water partition coefficient (Wildman–Crippen LogP) is 4.18. The summed E-state index contributed by atoms with van der Waals surface area (Å²) in [5, 5.41) is 20.5. The highest BCUT2D eigenvalue weighted by atomic mass is 32.1. The SMILES string of the molecule is Cc1cccc(NC(=S)N2C(=O)COc3cc(NC(=O)N/N=C/c4cccc([N+](=O)[O-])c4)ccc32)c1. The Labute approximate surface area is 210 Å². The van der Waals surface area contributed by atoms with Crippen LogP contribution in [0.2, 0.25) is 0 Å². The Hall–Kier alpha value is -4.84. The smallest absolute Gasteiger partial charge is 0.339 e. The van der Waals surface area contributed by atoms with Crippen molar-refractivity contribution in [3.8, 4) is 5.75 Å². The van der Waals surface area contributed by atoms with Gasteiger partial charge in [0, 0.05) is 35.1 Å². The van der Waals surface area contributed by atoms with E-state index in [-0.39, 0.29) is 23.3 Å². The Morgan fingerprint density at radius 2 is 1.89 bits per heavy atom. The van der Waals surface area contributed by atoms with Crippen LogP contribution in [0.4, 0.5) is 27.5 Å². The number of non-ortho nitro benzene ring substituents is 1. The number of hydrogen-bond acceptors (Lipinski definition) is 7. The molecule has 1 aliphatic heterocycles. The van der Waals surface area contributed by atoms with Gasteiger partial charge in [0.05, 0.1) is 16.8 Å². The standard InChI is InChI=1S/C24H20N6O5S/c1-15-4-2-6-17(10-15)27-24(36)29-20-9-8-18(12-21(20)35-14-22(29)31)26-23(32)28-25-13-16-5-3-7-19(11-16)30(33)34/h2-13H,14H2,1H3,(H,27,36)(H2,26,28,32)/b25-13+. The number of nitro groups is 1. The molecule has 0 radical (unpaired) electrons. The second-order valence-electron chi connectivity index (χ2n) is 7.68. The second kappa shape index (κ2) is 10.6. The topological polar surface area (TPSA) is 138 Å². The highest BCUT2D eigenvalue weighted by Crippen LogP contribution is 2.35. The summed E-state index contributed by atoms with van der Waals surface area (Å²) in [7, 11) is 0. The summed E-state index contributed by atoms with van der Waals surface area (Å²) in [4.78, 5) is 36.5. The molecule has 0 bridgehead atoms. The lowest BCUT2D eigenvalue weighted by Crippen LogP contribution is -2.45. The van der Waals surface area contributed by atoms with Crippen molar-refractivity contribution in [1.82, 2.24) is 5.43 Å². The number of carbonyl (C=O) groups excluding carboxylic acids is 2. The van der Waals surface area contributed by atoms with Crippen molar-refractivity contribution in [3.63, 3.8) is 0 Å². The monoisotopic (exact) mass is 504 g/mol. The van der Waals surface area contributed by atoms with Gasteiger partial charge in [-0.2, -0.15) is 5.10 Å². The number of fused-ring (bicyclic) bond motifs is 1. The summed E-state index contributed by atoms with van der Waals surface area (Å²) in [5.41, 5.74) is 5.28. The summed E-state index contributed by atoms with van der Waals surface area (Å²) in [6.07, 6.45) is 1.29. The lowest BCUT2D eigenvalue weighted by Gasteiger charge is -2.30. The average Bonchev–Trinajstić information content (AvgIpc) is 2.84. The van der Waals surface area contributed by atoms with Crippen molar-refractivity contribution in [2.45, 2.75) is 6.92 Å². The second-order valence-corrected chi connectivity index (χ2v) is 8.06. The minimum absolute atomic E-state index is 0.0847. The number of amides is 3. The number of benzene rings is 3. The first-order valence-corrected chi connectivity index (χ1v) is 11.0. The first-order chi connectivity index (χ1) is 17.3. The third-order valence-corrected chi connectivity index (χ3v) is 5.28. The Morgan fingerprint density at radius 1 is 1.11 bits per heavy atom. The summed E-state index contributed by atoms with van der Waals surface area (Å²) in [5.74, 6) is 0.0301. The molecule has 0 saturated heterocycles. The Morgan fingerprint density at radius 3 is 2.67 bits per heavy atom. The number of nitrogens with zero attached hydrogens (tertiary/aromatic N) is 3. The molecule has 3 N–H and O–H groups in total. The van der Waals surface area contributed by atoms with Crippen molar-refractivity contribution in [2.24, 2.45) is 5.10 Å². The van der Waals surface area contributed by atoms with Crippen molar-refractivity contribution in [2.75, 3.05) is 22.1 Å². The van der Waals surface area contributed by atoms with Crippen LogP contribution in [-0.2, 0) is 4.79 Å². The lowest BCUT2D eigenvalue weighted by atomic mass is 10.2. The molecule has 182 valence electrons. The number of rotatable bonds is 5. The molecule has 0 fully saturated rings. The zero-order chi connectivity index (χ0) is 25.7. The fraction of sp³-hybridized carbons (Fsp3) is 0.0833. The molecule has 0 aliphatic carbocycles. The third-order valence-electron chi connectivity index (χ3n) is 4.99. The fourth-order valence-corrected chi connectivity index (χ4v) is 3.72. The van der Waals surface area contributed by atoms with Crippen LogP contribution in [0.15, 0.2) is 71.8 Å². The van der Waals surface area contributed by atoms with Crippen molar-refractivity contribution in [1.29, 1.82) is 0 Å². The highest BCUT2D eigenvalue weighted by Gasteiger charge is 2.29. The van der Waals surface area contributed by atoms with E-state index in [1.807, 2.05) is 31.2 Å². The van der Waals surface area contributed by atoms with E-state index in [4.69, 9.17) is 17.0 Å². The Balaban J connectivity index is 1.41. The van der Waals surface area contributed by atoms with Crippen LogP contribution >= 0.6 is 12.2 Å². The number of nitrogens with one attached hydrogen (secondary N) is 3.